The third-order valence-corrected chi connectivity index (χ3v) is 0. The summed E-state index contributed by atoms with van der Waals surface area (Å²) in [5.74, 6) is 0. The zero-order valence-electron chi connectivity index (χ0n) is 1.71. The van der Waals surface area contributed by atoms with Gasteiger partial charge in [0.1, 0.15) is 0 Å². The van der Waals surface area contributed by atoms with Crippen LogP contribution in [0.3, 0.4) is 0 Å². The summed E-state index contributed by atoms with van der Waals surface area (Å²) < 4.78 is 23.3. The first-order chi connectivity index (χ1) is 1.73. The second-order valence-electron chi connectivity index (χ2n) is 0.231. The summed E-state index contributed by atoms with van der Waals surface area (Å²) in [7, 11) is 0. The molecule has 0 amide bonds. The Balaban J connectivity index is 2.80. The minimum atomic E-state index is -3.61. The molecule has 2 N–H and O–H groups in total. The van der Waals surface area contributed by atoms with Gasteiger partial charge in [-0.3, -0.25) is 0 Å². The topological polar surface area (TPSA) is 57.5 Å². The summed E-state index contributed by atoms with van der Waals surface area (Å²) in [5, 5.41) is 0. The molecule has 26 valence electrons. The van der Waals surface area contributed by atoms with Crippen LogP contribution in [0.15, 0.2) is 0 Å². The molecule has 3 nitrogen and oxygen atoms in total. The van der Waals surface area contributed by atoms with Crippen LogP contribution >= 0.6 is 0 Å². The van der Waals surface area contributed by atoms with E-state index in [1.54, 1.807) is 0 Å². The van der Waals surface area contributed by atoms with E-state index in [1.165, 1.54) is 0 Å². The molecule has 4 heteroatoms. The van der Waals surface area contributed by atoms with Crippen molar-refractivity contribution in [3.05, 3.63) is 0 Å². The second-order valence-corrected chi connectivity index (χ2v) is 1.55. The molecule has 4 heavy (non-hydrogen) atoms. The van der Waals surface area contributed by atoms with E-state index in [9.17, 15) is 0 Å². The van der Waals surface area contributed by atoms with Gasteiger partial charge in [-0.1, -0.05) is 0 Å². The van der Waals surface area contributed by atoms with Crippen molar-refractivity contribution in [3.63, 3.8) is 0 Å². The summed E-state index contributed by atoms with van der Waals surface area (Å²) in [4.78, 5) is 0. The van der Waals surface area contributed by atoms with E-state index in [4.69, 9.17) is 10.0 Å². The van der Waals surface area contributed by atoms with Gasteiger partial charge in [-0.05, 0) is 0 Å². The first kappa shape index (κ1) is 4.51. The first-order valence-corrected chi connectivity index (χ1v) is 3.57. The van der Waals surface area contributed by atoms with Crippen molar-refractivity contribution in [2.24, 2.45) is 0 Å². The number of hydrogen-bond donors (Lipinski definition) is 2. The van der Waals surface area contributed by atoms with Crippen molar-refractivity contribution in [1.82, 2.24) is 0 Å². The molecule has 0 unspecified atom stereocenters. The Morgan fingerprint density at radius 2 is 1.50 bits per heavy atom. The van der Waals surface area contributed by atoms with Crippen LogP contribution in [0.5, 0.6) is 0 Å². The van der Waals surface area contributed by atoms with Crippen molar-refractivity contribution in [1.29, 1.82) is 0 Å². The van der Waals surface area contributed by atoms with E-state index in [1.807, 2.05) is 0 Å². The van der Waals surface area contributed by atoms with Crippen LogP contribution in [0, 0.1) is 0 Å². The van der Waals surface area contributed by atoms with E-state index in [0.29, 0.717) is 0 Å². The van der Waals surface area contributed by atoms with Gasteiger partial charge in [-0.15, -0.1) is 0 Å². The van der Waals surface area contributed by atoms with Gasteiger partial charge < -0.3 is 0 Å². The third-order valence-electron chi connectivity index (χ3n) is 0. The predicted molar refractivity (Wildman–Crippen MR) is 10.9 cm³/mol. The van der Waals surface area contributed by atoms with Crippen LogP contribution in [0.2, 0.25) is 0 Å². The van der Waals surface area contributed by atoms with Gasteiger partial charge in [-0.25, -0.2) is 0 Å². The molecule has 0 saturated heterocycles. The van der Waals surface area contributed by atoms with E-state index in [0.717, 1.165) is 0 Å². The molecule has 0 aromatic carbocycles. The van der Waals surface area contributed by atoms with Crippen LogP contribution in [-0.2, 0) is 3.10 Å². The molecular weight excluding hydrogens is 175 g/mol. The fourth-order valence-electron chi connectivity index (χ4n) is 0. The third kappa shape index (κ3) is 22.0. The molecule has 0 rings (SSSR count). The van der Waals surface area contributed by atoms with E-state index >= 15 is 0 Å². The molecule has 0 aliphatic heterocycles. The SMILES string of the molecule is O=[127Te](O)O. The minimum absolute atomic E-state index is 3.61. The van der Waals surface area contributed by atoms with Crippen LogP contribution in [0.1, 0.15) is 0 Å². The van der Waals surface area contributed by atoms with E-state index < -0.39 is 20.4 Å². The average Bonchev–Trinajstić information content (AvgIpc) is 0.811. The van der Waals surface area contributed by atoms with E-state index in [2.05, 4.69) is 0 Å². The monoisotopic (exact) mass is 177 g/mol. The fraction of sp³-hybridized carbons (Fsp3) is 0. The first-order valence-electron chi connectivity index (χ1n) is 0.532. The Hall–Kier alpha value is 0.510. The van der Waals surface area contributed by atoms with Crippen LogP contribution in [0.4, 0.5) is 0 Å². The van der Waals surface area contributed by atoms with Gasteiger partial charge in [0.25, 0.3) is 0 Å². The Labute approximate surface area is 31.0 Å². The molecule has 0 spiro atoms. The summed E-state index contributed by atoms with van der Waals surface area (Å²) in [6.45, 7) is 0. The Kier molecular flexibility index (Phi) is 2.02. The molecule has 0 aromatic heterocycles. The molecule has 0 heterocycles. The van der Waals surface area contributed by atoms with Gasteiger partial charge in [-0.2, -0.15) is 0 Å². The molecule has 0 bridgehead atoms. The van der Waals surface area contributed by atoms with Crippen molar-refractivity contribution in [3.8, 4) is 0 Å². The summed E-state index contributed by atoms with van der Waals surface area (Å²) in [6, 6.07) is 0. The normalized spacial score (nSPS) is 8.75. The summed E-state index contributed by atoms with van der Waals surface area (Å²) >= 11 is -3.61. The summed E-state index contributed by atoms with van der Waals surface area (Å²) in [6.07, 6.45) is 0. The van der Waals surface area contributed by atoms with Gasteiger partial charge in [0.05, 0.1) is 0 Å². The predicted octanol–water partition coefficient (Wildman–Crippen LogP) is -1.61. The van der Waals surface area contributed by atoms with Gasteiger partial charge in [0.15, 0.2) is 0 Å². The molecule has 0 aliphatic rings. The van der Waals surface area contributed by atoms with Gasteiger partial charge >= 0.3 is 30.4 Å². The Morgan fingerprint density at radius 1 is 1.50 bits per heavy atom. The second kappa shape index (κ2) is 1.79. The standard InChI is InChI=1S/H2O3Te/c1-4(2)3/h(H2,1,2,3)/i4-1. The van der Waals surface area contributed by atoms with E-state index in [-0.39, 0.29) is 0 Å². The zero-order valence-corrected chi connectivity index (χ0v) is 4.04. The van der Waals surface area contributed by atoms with Crippen molar-refractivity contribution < 1.29 is 10.0 Å². The molecule has 0 atom stereocenters. The van der Waals surface area contributed by atoms with Crippen molar-refractivity contribution in [2.75, 3.05) is 0 Å². The number of hydrogen-bond acceptors (Lipinski definition) is 1. The van der Waals surface area contributed by atoms with Crippen LogP contribution < -0.4 is 0 Å². The number of rotatable bonds is 0. The van der Waals surface area contributed by atoms with Crippen LogP contribution in [-0.4, -0.2) is 27.3 Å². The Morgan fingerprint density at radius 3 is 1.50 bits per heavy atom. The maximum atomic E-state index is 8.81. The van der Waals surface area contributed by atoms with Crippen LogP contribution in [0.25, 0.3) is 0 Å². The fourth-order valence-corrected chi connectivity index (χ4v) is 0. The molecule has 0 radical (unpaired) electrons. The van der Waals surface area contributed by atoms with Gasteiger partial charge in [0, 0.05) is 0 Å². The molecule has 0 aliphatic carbocycles. The maximum absolute atomic E-state index is 8.81. The zero-order chi connectivity index (χ0) is 3.58. The molecule has 0 fully saturated rings. The van der Waals surface area contributed by atoms with Crippen molar-refractivity contribution in [2.45, 2.75) is 0 Å². The quantitative estimate of drug-likeness (QED) is 0.437. The Bertz CT molecular complexity index is 26.3. The van der Waals surface area contributed by atoms with Gasteiger partial charge in [0.2, 0.25) is 0 Å². The molecular formula is H2O3Te. The summed E-state index contributed by atoms with van der Waals surface area (Å²) in [5.41, 5.74) is 0. The average molecular weight is 177 g/mol. The van der Waals surface area contributed by atoms with Crippen molar-refractivity contribution >= 4 is 20.4 Å². The molecule has 0 saturated carbocycles. The molecule has 0 aromatic rings.